The minimum absolute atomic E-state index is 0.0625. The molecular formula is C45H48FN3O9. The first-order valence-electron chi connectivity index (χ1n) is 20.0. The molecule has 0 radical (unpaired) electrons. The van der Waals surface area contributed by atoms with Gasteiger partial charge in [0.2, 0.25) is 11.7 Å². The number of ether oxygens (including phenoxy) is 2. The average Bonchev–Trinajstić information content (AvgIpc) is 3.98. The summed E-state index contributed by atoms with van der Waals surface area (Å²) in [4.78, 5) is 68.9. The number of nitrogens with two attached hydrogens (primary N) is 1. The lowest BCUT2D eigenvalue weighted by Gasteiger charge is -2.59. The number of carbonyl (C=O) groups excluding carboxylic acids is 5. The molecule has 58 heavy (non-hydrogen) atoms. The summed E-state index contributed by atoms with van der Waals surface area (Å²) in [7, 11) is 0. The van der Waals surface area contributed by atoms with Gasteiger partial charge in [-0.1, -0.05) is 48.9 Å². The fraction of sp³-hybridized carbons (Fsp3) is 0.467. The largest absolute Gasteiger partial charge is 0.461 e. The summed E-state index contributed by atoms with van der Waals surface area (Å²) in [6.45, 7) is 2.73. The molecule has 1 amide bonds. The highest BCUT2D eigenvalue weighted by molar-refractivity contribution is 6.01. The average molecular weight is 794 g/mol. The molecule has 12 nitrogen and oxygen atoms in total. The number of rotatable bonds is 11. The summed E-state index contributed by atoms with van der Waals surface area (Å²) < 4.78 is 28.2. The van der Waals surface area contributed by atoms with Crippen molar-refractivity contribution in [2.24, 2.45) is 46.7 Å². The van der Waals surface area contributed by atoms with E-state index in [-0.39, 0.29) is 37.7 Å². The number of hydrogen-bond acceptors (Lipinski definition) is 11. The van der Waals surface area contributed by atoms with Gasteiger partial charge >= 0.3 is 11.9 Å². The molecule has 1 heterocycles. The summed E-state index contributed by atoms with van der Waals surface area (Å²) in [6, 6.07) is 14.4. The molecule has 5 N–H and O–H groups in total. The van der Waals surface area contributed by atoms with Crippen LogP contribution in [0.25, 0.3) is 10.8 Å². The number of carbonyl (C=O) groups is 5. The number of anilines is 1. The number of hydrogen-bond donors (Lipinski definition) is 4. The number of amides is 1. The second kappa shape index (κ2) is 14.9. The summed E-state index contributed by atoms with van der Waals surface area (Å²) in [5.41, 5.74) is 3.42. The highest BCUT2D eigenvalue weighted by Crippen LogP contribution is 2.66. The molecule has 4 saturated carbocycles. The summed E-state index contributed by atoms with van der Waals surface area (Å²) in [5, 5.41) is 28.2. The lowest BCUT2D eigenvalue weighted by molar-refractivity contribution is -0.192. The quantitative estimate of drug-likeness (QED) is 0.197. The molecule has 0 unspecified atom stereocenters. The van der Waals surface area contributed by atoms with Crippen LogP contribution in [0, 0.1) is 40.9 Å². The van der Waals surface area contributed by atoms with Gasteiger partial charge < -0.3 is 30.7 Å². The van der Waals surface area contributed by atoms with Crippen molar-refractivity contribution in [2.75, 3.05) is 18.5 Å². The first kappa shape index (κ1) is 39.7. The molecular weight excluding hydrogens is 746 g/mol. The Bertz CT molecular complexity index is 2240. The van der Waals surface area contributed by atoms with Crippen molar-refractivity contribution >= 4 is 45.9 Å². The number of ketones is 2. The van der Waals surface area contributed by atoms with Gasteiger partial charge in [0.1, 0.15) is 12.2 Å². The standard InChI is InChI=1S/C45H48FN3O9/c1-24-15-34-36-10-8-29-17-31(50)11-13-43(29,2)45(36,46)38(51)19-37(34)44(24,56)39(52)23-58-42(55)33-18-32(33)41(54)57-22-25-3-5-26(6-4-25)35(20-47)40(53)49-30-9-7-28-21-48-14-12-27(28)16-30/h3-7,9,11-14,16-17,21,24,32-38,51,56H,8,10,15,18-20,22-23,47H2,1-2H3,(H,49,53)/t24-,32-,33-,34+,35-,36+,37+,38+,43+,44-,45+/m1/s1. The zero-order valence-electron chi connectivity index (χ0n) is 32.4. The number of Topliss-reactive ketones (excluding diaryl/α,β-unsaturated/α-hetero) is 1. The van der Waals surface area contributed by atoms with E-state index in [2.05, 4.69) is 10.3 Å². The topological polar surface area (TPSA) is 195 Å². The van der Waals surface area contributed by atoms with Gasteiger partial charge in [-0.15, -0.1) is 0 Å². The number of aromatic nitrogens is 1. The second-order valence-electron chi connectivity index (χ2n) is 17.0. The molecule has 0 bridgehead atoms. The summed E-state index contributed by atoms with van der Waals surface area (Å²) >= 11 is 0. The van der Waals surface area contributed by atoms with E-state index in [9.17, 15) is 34.2 Å². The Balaban J connectivity index is 0.822. The van der Waals surface area contributed by atoms with Crippen molar-refractivity contribution in [3.8, 4) is 0 Å². The highest BCUT2D eigenvalue weighted by Gasteiger charge is 2.71. The van der Waals surface area contributed by atoms with Crippen molar-refractivity contribution in [3.63, 3.8) is 0 Å². The van der Waals surface area contributed by atoms with Crippen molar-refractivity contribution in [1.29, 1.82) is 0 Å². The Labute approximate surface area is 335 Å². The fourth-order valence-corrected chi connectivity index (χ4v) is 10.6. The molecule has 0 spiro atoms. The first-order valence-corrected chi connectivity index (χ1v) is 20.0. The summed E-state index contributed by atoms with van der Waals surface area (Å²) in [5.74, 6) is -7.06. The van der Waals surface area contributed by atoms with Crippen molar-refractivity contribution in [3.05, 3.63) is 95.9 Å². The number of esters is 2. The van der Waals surface area contributed by atoms with E-state index in [0.717, 1.165) is 10.8 Å². The SMILES string of the molecule is C[C@@H]1C[C@@H]2[C@H](C[C@H](O)[C@@]3(F)[C@H]2CCC2=CC(=O)C=C[C@@]23C)[C@@]1(O)C(=O)COC(=O)[C@@H]1C[C@H]1C(=O)OCc1ccc([C@@H](CN)C(=O)Nc2ccc3cnccc3c2)cc1. The van der Waals surface area contributed by atoms with Crippen LogP contribution >= 0.6 is 0 Å². The maximum Gasteiger partial charge on any atom is 0.310 e. The number of nitrogens with one attached hydrogen (secondary N) is 1. The van der Waals surface area contributed by atoms with Gasteiger partial charge in [-0.3, -0.25) is 29.0 Å². The third kappa shape index (κ3) is 6.57. The smallest absolute Gasteiger partial charge is 0.310 e. The van der Waals surface area contributed by atoms with Crippen LogP contribution in [0.1, 0.15) is 63.0 Å². The predicted molar refractivity (Wildman–Crippen MR) is 209 cm³/mol. The normalized spacial score (nSPS) is 33.9. The molecule has 2 aromatic carbocycles. The van der Waals surface area contributed by atoms with Gasteiger partial charge in [-0.05, 0) is 97.7 Å². The molecule has 4 fully saturated rings. The predicted octanol–water partition coefficient (Wildman–Crippen LogP) is 4.67. The van der Waals surface area contributed by atoms with Crippen LogP contribution in [0.2, 0.25) is 0 Å². The molecule has 13 heteroatoms. The van der Waals surface area contributed by atoms with Crippen molar-refractivity contribution in [1.82, 2.24) is 4.98 Å². The molecule has 11 atom stereocenters. The number of aliphatic hydroxyl groups excluding tert-OH is 1. The van der Waals surface area contributed by atoms with Gasteiger partial charge in [0.25, 0.3) is 0 Å². The maximum atomic E-state index is 17.3. The number of allylic oxidation sites excluding steroid dienone is 4. The van der Waals surface area contributed by atoms with E-state index in [1.54, 1.807) is 62.6 Å². The minimum atomic E-state index is -2.08. The number of benzene rings is 2. The number of halogens is 1. The molecule has 5 aliphatic carbocycles. The molecule has 5 aliphatic rings. The second-order valence-corrected chi connectivity index (χ2v) is 17.0. The van der Waals surface area contributed by atoms with Crippen LogP contribution in [0.5, 0.6) is 0 Å². The minimum Gasteiger partial charge on any atom is -0.461 e. The third-order valence-corrected chi connectivity index (χ3v) is 14.0. The summed E-state index contributed by atoms with van der Waals surface area (Å²) in [6.07, 6.45) is 7.52. The molecule has 3 aromatic rings. The van der Waals surface area contributed by atoms with Crippen molar-refractivity contribution < 1.29 is 48.0 Å². The Hall–Kier alpha value is -5.11. The Kier molecular flexibility index (Phi) is 10.2. The van der Waals surface area contributed by atoms with Crippen LogP contribution in [0.4, 0.5) is 10.1 Å². The third-order valence-electron chi connectivity index (χ3n) is 14.0. The lowest BCUT2D eigenvalue weighted by Crippen LogP contribution is -2.66. The van der Waals surface area contributed by atoms with E-state index in [4.69, 9.17) is 15.2 Å². The molecule has 1 aromatic heterocycles. The van der Waals surface area contributed by atoms with Gasteiger partial charge in [0.05, 0.1) is 23.9 Å². The zero-order chi connectivity index (χ0) is 41.1. The Morgan fingerprint density at radius 3 is 2.48 bits per heavy atom. The van der Waals surface area contributed by atoms with Crippen LogP contribution in [-0.2, 0) is 40.1 Å². The van der Waals surface area contributed by atoms with Gasteiger partial charge in [-0.2, -0.15) is 0 Å². The van der Waals surface area contributed by atoms with Crippen LogP contribution < -0.4 is 11.1 Å². The zero-order valence-corrected chi connectivity index (χ0v) is 32.4. The van der Waals surface area contributed by atoms with Gasteiger partial charge in [0, 0.05) is 47.3 Å². The molecule has 0 aliphatic heterocycles. The van der Waals surface area contributed by atoms with Crippen LogP contribution in [0.15, 0.2) is 84.7 Å². The monoisotopic (exact) mass is 793 g/mol. The van der Waals surface area contributed by atoms with Gasteiger partial charge in [0.15, 0.2) is 18.1 Å². The number of aliphatic hydroxyl groups is 2. The number of alkyl halides is 1. The van der Waals surface area contributed by atoms with Crippen LogP contribution in [0.3, 0.4) is 0 Å². The van der Waals surface area contributed by atoms with E-state index in [1.165, 1.54) is 12.2 Å². The Morgan fingerprint density at radius 1 is 1.00 bits per heavy atom. The number of pyridine rings is 1. The fourth-order valence-electron chi connectivity index (χ4n) is 10.6. The molecule has 8 rings (SSSR count). The number of fused-ring (bicyclic) bond motifs is 6. The number of nitrogens with zero attached hydrogens (tertiary/aromatic N) is 1. The van der Waals surface area contributed by atoms with Crippen LogP contribution in [-0.4, -0.2) is 75.1 Å². The molecule has 0 saturated heterocycles. The lowest BCUT2D eigenvalue weighted by atomic mass is 9.48. The maximum absolute atomic E-state index is 17.3. The van der Waals surface area contributed by atoms with E-state index < -0.39 is 88.5 Å². The van der Waals surface area contributed by atoms with E-state index in [0.29, 0.717) is 41.6 Å². The van der Waals surface area contributed by atoms with E-state index in [1.807, 2.05) is 18.2 Å². The highest BCUT2D eigenvalue weighted by atomic mass is 19.1. The van der Waals surface area contributed by atoms with Gasteiger partial charge in [-0.25, -0.2) is 4.39 Å². The van der Waals surface area contributed by atoms with E-state index >= 15 is 4.39 Å². The first-order chi connectivity index (χ1) is 27.7. The molecule has 304 valence electrons. The van der Waals surface area contributed by atoms with Crippen molar-refractivity contribution in [2.45, 2.75) is 75.9 Å². The Morgan fingerprint density at radius 2 is 1.74 bits per heavy atom.